The number of rotatable bonds is 3. The highest BCUT2D eigenvalue weighted by Gasteiger charge is 2.34. The lowest BCUT2D eigenvalue weighted by Gasteiger charge is -2.20. The first-order valence-corrected chi connectivity index (χ1v) is 4.19. The lowest BCUT2D eigenvalue weighted by atomic mass is 10.1. The number of amides is 1. The molecule has 1 rings (SSSR count). The number of carbonyl (C=O) groups excluding carboxylic acids is 1. The molecule has 1 saturated heterocycles. The van der Waals surface area contributed by atoms with E-state index < -0.39 is 12.0 Å². The molecule has 1 amide bonds. The zero-order valence-corrected chi connectivity index (χ0v) is 7.43. The van der Waals surface area contributed by atoms with Gasteiger partial charge >= 0.3 is 5.97 Å². The summed E-state index contributed by atoms with van der Waals surface area (Å²) in [4.78, 5) is 23.1. The first-order valence-electron chi connectivity index (χ1n) is 4.19. The Hall–Kier alpha value is -1.10. The van der Waals surface area contributed by atoms with Crippen LogP contribution < -0.4 is 0 Å². The molecule has 0 spiro atoms. The molecule has 5 nitrogen and oxygen atoms in total. The third-order valence-electron chi connectivity index (χ3n) is 2.32. The predicted molar refractivity (Wildman–Crippen MR) is 44.0 cm³/mol. The molecule has 0 saturated carbocycles. The fourth-order valence-electron chi connectivity index (χ4n) is 1.44. The van der Waals surface area contributed by atoms with E-state index in [-0.39, 0.29) is 24.9 Å². The summed E-state index contributed by atoms with van der Waals surface area (Å²) in [6.45, 7) is 1.76. The number of hydrogen-bond donors (Lipinski definition) is 2. The largest absolute Gasteiger partial charge is 0.480 e. The summed E-state index contributed by atoms with van der Waals surface area (Å²) in [5.74, 6) is -1.30. The summed E-state index contributed by atoms with van der Waals surface area (Å²) >= 11 is 0. The fraction of sp³-hybridized carbons (Fsp3) is 0.750. The van der Waals surface area contributed by atoms with Gasteiger partial charge in [-0.05, 0) is 6.92 Å². The zero-order valence-electron chi connectivity index (χ0n) is 7.43. The van der Waals surface area contributed by atoms with Gasteiger partial charge in [-0.1, -0.05) is 0 Å². The van der Waals surface area contributed by atoms with Gasteiger partial charge in [-0.2, -0.15) is 0 Å². The van der Waals surface area contributed by atoms with Crippen molar-refractivity contribution in [3.63, 3.8) is 0 Å². The first-order chi connectivity index (χ1) is 6.06. The van der Waals surface area contributed by atoms with Crippen LogP contribution in [0, 0.1) is 5.92 Å². The standard InChI is InChI=1S/C8H13NO4/c1-5(8(12)13)9-3-6(4-10)2-7(9)11/h5-6,10H,2-4H2,1H3,(H,12,13). The Labute approximate surface area is 76.0 Å². The van der Waals surface area contributed by atoms with E-state index in [1.807, 2.05) is 0 Å². The molecule has 1 aliphatic heterocycles. The van der Waals surface area contributed by atoms with Gasteiger partial charge in [0.15, 0.2) is 0 Å². The summed E-state index contributed by atoms with van der Waals surface area (Å²) in [5, 5.41) is 17.5. The molecule has 1 fully saturated rings. The molecule has 0 radical (unpaired) electrons. The molecule has 2 unspecified atom stereocenters. The van der Waals surface area contributed by atoms with Gasteiger partial charge in [-0.25, -0.2) is 4.79 Å². The number of hydrogen-bond acceptors (Lipinski definition) is 3. The average Bonchev–Trinajstić information content (AvgIpc) is 2.45. The molecule has 2 atom stereocenters. The monoisotopic (exact) mass is 187 g/mol. The average molecular weight is 187 g/mol. The Kier molecular flexibility index (Phi) is 2.87. The van der Waals surface area contributed by atoms with Gasteiger partial charge in [0.1, 0.15) is 6.04 Å². The minimum absolute atomic E-state index is 0.0609. The van der Waals surface area contributed by atoms with Crippen LogP contribution in [-0.2, 0) is 9.59 Å². The minimum atomic E-state index is -1.01. The smallest absolute Gasteiger partial charge is 0.326 e. The molecule has 13 heavy (non-hydrogen) atoms. The molecule has 1 heterocycles. The number of carboxylic acid groups (broad SMARTS) is 1. The van der Waals surface area contributed by atoms with E-state index >= 15 is 0 Å². The zero-order chi connectivity index (χ0) is 10.0. The van der Waals surface area contributed by atoms with Crippen LogP contribution in [0.5, 0.6) is 0 Å². The molecule has 0 bridgehead atoms. The molecular formula is C8H13NO4. The Bertz CT molecular complexity index is 228. The number of carboxylic acids is 1. The van der Waals surface area contributed by atoms with Crippen molar-refractivity contribution in [2.45, 2.75) is 19.4 Å². The van der Waals surface area contributed by atoms with Gasteiger partial charge in [-0.3, -0.25) is 4.79 Å². The Balaban J connectivity index is 2.62. The van der Waals surface area contributed by atoms with Gasteiger partial charge < -0.3 is 15.1 Å². The van der Waals surface area contributed by atoms with Crippen LogP contribution >= 0.6 is 0 Å². The second kappa shape index (κ2) is 3.74. The summed E-state index contributed by atoms with van der Waals surface area (Å²) in [5.41, 5.74) is 0. The van der Waals surface area contributed by atoms with Crippen LogP contribution in [0.3, 0.4) is 0 Å². The lowest BCUT2D eigenvalue weighted by molar-refractivity contribution is -0.147. The Morgan fingerprint density at radius 1 is 1.77 bits per heavy atom. The van der Waals surface area contributed by atoms with Gasteiger partial charge in [0.05, 0.1) is 0 Å². The van der Waals surface area contributed by atoms with E-state index in [0.29, 0.717) is 6.54 Å². The number of carbonyl (C=O) groups is 2. The molecule has 0 aromatic carbocycles. The number of aliphatic carboxylic acids is 1. The number of aliphatic hydroxyl groups is 1. The maximum atomic E-state index is 11.2. The molecular weight excluding hydrogens is 174 g/mol. The van der Waals surface area contributed by atoms with Crippen LogP contribution in [0.1, 0.15) is 13.3 Å². The van der Waals surface area contributed by atoms with Gasteiger partial charge in [-0.15, -0.1) is 0 Å². The van der Waals surface area contributed by atoms with Crippen molar-refractivity contribution in [2.75, 3.05) is 13.2 Å². The molecule has 5 heteroatoms. The SMILES string of the molecule is CC(C(=O)O)N1CC(CO)CC1=O. The Morgan fingerprint density at radius 2 is 2.38 bits per heavy atom. The summed E-state index contributed by atoms with van der Waals surface area (Å²) in [7, 11) is 0. The van der Waals surface area contributed by atoms with E-state index in [0.717, 1.165) is 0 Å². The van der Waals surface area contributed by atoms with E-state index in [4.69, 9.17) is 10.2 Å². The highest BCUT2D eigenvalue weighted by atomic mass is 16.4. The van der Waals surface area contributed by atoms with Crippen molar-refractivity contribution in [1.29, 1.82) is 0 Å². The van der Waals surface area contributed by atoms with Crippen LogP contribution in [0.4, 0.5) is 0 Å². The van der Waals surface area contributed by atoms with E-state index in [1.54, 1.807) is 0 Å². The normalized spacial score (nSPS) is 24.9. The molecule has 0 aromatic heterocycles. The van der Waals surface area contributed by atoms with Gasteiger partial charge in [0.2, 0.25) is 5.91 Å². The summed E-state index contributed by atoms with van der Waals surface area (Å²) in [6.07, 6.45) is 0.258. The molecule has 0 aromatic rings. The van der Waals surface area contributed by atoms with Crippen molar-refractivity contribution in [3.05, 3.63) is 0 Å². The van der Waals surface area contributed by atoms with Crippen LogP contribution in [0.25, 0.3) is 0 Å². The highest BCUT2D eigenvalue weighted by molar-refractivity contribution is 5.85. The second-order valence-electron chi connectivity index (χ2n) is 3.31. The van der Waals surface area contributed by atoms with Gasteiger partial charge in [0, 0.05) is 25.5 Å². The molecule has 2 N–H and O–H groups in total. The summed E-state index contributed by atoms with van der Waals surface area (Å²) in [6, 6.07) is -0.788. The molecule has 0 aliphatic carbocycles. The maximum absolute atomic E-state index is 11.2. The third kappa shape index (κ3) is 1.98. The maximum Gasteiger partial charge on any atom is 0.326 e. The van der Waals surface area contributed by atoms with Crippen molar-refractivity contribution >= 4 is 11.9 Å². The number of aliphatic hydroxyl groups excluding tert-OH is 1. The quantitative estimate of drug-likeness (QED) is 0.612. The van der Waals surface area contributed by atoms with Crippen molar-refractivity contribution < 1.29 is 19.8 Å². The van der Waals surface area contributed by atoms with Crippen molar-refractivity contribution in [3.8, 4) is 0 Å². The number of likely N-dealkylation sites (tertiary alicyclic amines) is 1. The van der Waals surface area contributed by atoms with Crippen LogP contribution in [0.15, 0.2) is 0 Å². The fourth-order valence-corrected chi connectivity index (χ4v) is 1.44. The third-order valence-corrected chi connectivity index (χ3v) is 2.32. The van der Waals surface area contributed by atoms with E-state index in [2.05, 4.69) is 0 Å². The lowest BCUT2D eigenvalue weighted by Crippen LogP contribution is -2.40. The topological polar surface area (TPSA) is 77.8 Å². The molecule has 1 aliphatic rings. The van der Waals surface area contributed by atoms with Crippen molar-refractivity contribution in [2.24, 2.45) is 5.92 Å². The Morgan fingerprint density at radius 3 is 2.77 bits per heavy atom. The minimum Gasteiger partial charge on any atom is -0.480 e. The highest BCUT2D eigenvalue weighted by Crippen LogP contribution is 2.19. The summed E-state index contributed by atoms with van der Waals surface area (Å²) < 4.78 is 0. The molecule has 74 valence electrons. The first kappa shape index (κ1) is 9.98. The van der Waals surface area contributed by atoms with Crippen LogP contribution in [-0.4, -0.2) is 46.2 Å². The van der Waals surface area contributed by atoms with E-state index in [1.165, 1.54) is 11.8 Å². The second-order valence-corrected chi connectivity index (χ2v) is 3.31. The van der Waals surface area contributed by atoms with E-state index in [9.17, 15) is 9.59 Å². The number of nitrogens with zero attached hydrogens (tertiary/aromatic N) is 1. The van der Waals surface area contributed by atoms with Crippen molar-refractivity contribution in [1.82, 2.24) is 4.90 Å². The van der Waals surface area contributed by atoms with Gasteiger partial charge in [0.25, 0.3) is 0 Å². The predicted octanol–water partition coefficient (Wildman–Crippen LogP) is -0.700. The van der Waals surface area contributed by atoms with Crippen LogP contribution in [0.2, 0.25) is 0 Å².